The van der Waals surface area contributed by atoms with Gasteiger partial charge in [0.2, 0.25) is 5.56 Å². The Balaban J connectivity index is 1.83. The van der Waals surface area contributed by atoms with Crippen molar-refractivity contribution in [3.05, 3.63) is 33.7 Å². The predicted molar refractivity (Wildman–Crippen MR) is 87.5 cm³/mol. The lowest BCUT2D eigenvalue weighted by molar-refractivity contribution is -0.0731. The monoisotopic (exact) mass is 319 g/mol. The van der Waals surface area contributed by atoms with Crippen molar-refractivity contribution in [3.63, 3.8) is 0 Å². The molecule has 126 valence electrons. The molecule has 0 aliphatic carbocycles. The second kappa shape index (κ2) is 6.09. The molecule has 0 radical (unpaired) electrons. The van der Waals surface area contributed by atoms with Crippen LogP contribution in [0.4, 0.5) is 0 Å². The third-order valence-electron chi connectivity index (χ3n) is 5.20. The van der Waals surface area contributed by atoms with E-state index in [2.05, 4.69) is 16.9 Å². The standard InChI is InChI=1S/C17H25N3O3/c1-12-8-13(9-15(22)18-12)16(23)20-6-3-5-17(11-20)10-19(2)7-4-14(17)21/h8-9,14,21H,3-7,10-11H2,1-2H3,(H,18,22)/t14-,17-/m0/s1. The zero-order valence-electron chi connectivity index (χ0n) is 13.8. The second-order valence-electron chi connectivity index (χ2n) is 7.15. The number of aromatic amines is 1. The molecular formula is C17H25N3O3. The van der Waals surface area contributed by atoms with Gasteiger partial charge in [0.25, 0.3) is 5.91 Å². The van der Waals surface area contributed by atoms with E-state index < -0.39 is 0 Å². The summed E-state index contributed by atoms with van der Waals surface area (Å²) >= 11 is 0. The molecule has 1 amide bonds. The number of hydrogen-bond donors (Lipinski definition) is 2. The van der Waals surface area contributed by atoms with Crippen molar-refractivity contribution in [1.82, 2.24) is 14.8 Å². The number of H-pyrrole nitrogens is 1. The normalized spacial score (nSPS) is 29.0. The highest BCUT2D eigenvalue weighted by molar-refractivity contribution is 5.94. The van der Waals surface area contributed by atoms with Gasteiger partial charge < -0.3 is 19.9 Å². The smallest absolute Gasteiger partial charge is 0.254 e. The molecule has 1 aromatic rings. The maximum absolute atomic E-state index is 12.8. The van der Waals surface area contributed by atoms with Gasteiger partial charge in [0.1, 0.15) is 0 Å². The Morgan fingerprint density at radius 2 is 2.13 bits per heavy atom. The number of pyridine rings is 1. The minimum atomic E-state index is -0.366. The molecule has 2 aliphatic heterocycles. The highest BCUT2D eigenvalue weighted by atomic mass is 16.3. The van der Waals surface area contributed by atoms with E-state index >= 15 is 0 Å². The van der Waals surface area contributed by atoms with Crippen molar-refractivity contribution in [2.24, 2.45) is 5.41 Å². The Kier molecular flexibility index (Phi) is 4.29. The molecule has 2 saturated heterocycles. The summed E-state index contributed by atoms with van der Waals surface area (Å²) in [6, 6.07) is 3.08. The number of carbonyl (C=O) groups is 1. The van der Waals surface area contributed by atoms with Gasteiger partial charge in [0.05, 0.1) is 6.10 Å². The molecule has 1 spiro atoms. The molecule has 2 N–H and O–H groups in total. The van der Waals surface area contributed by atoms with Crippen LogP contribution < -0.4 is 5.56 Å². The van der Waals surface area contributed by atoms with Gasteiger partial charge >= 0.3 is 0 Å². The van der Waals surface area contributed by atoms with Gasteiger partial charge in [-0.1, -0.05) is 0 Å². The molecule has 2 aliphatic rings. The summed E-state index contributed by atoms with van der Waals surface area (Å²) in [7, 11) is 2.06. The highest BCUT2D eigenvalue weighted by Gasteiger charge is 2.45. The van der Waals surface area contributed by atoms with Crippen LogP contribution in [0.3, 0.4) is 0 Å². The Morgan fingerprint density at radius 3 is 2.87 bits per heavy atom. The summed E-state index contributed by atoms with van der Waals surface area (Å²) < 4.78 is 0. The van der Waals surface area contributed by atoms with Crippen molar-refractivity contribution in [2.45, 2.75) is 32.3 Å². The van der Waals surface area contributed by atoms with Crippen LogP contribution in [0.25, 0.3) is 0 Å². The van der Waals surface area contributed by atoms with Gasteiger partial charge in [-0.15, -0.1) is 0 Å². The summed E-state index contributed by atoms with van der Waals surface area (Å²) in [4.78, 5) is 31.1. The first-order valence-electron chi connectivity index (χ1n) is 8.26. The first-order valence-corrected chi connectivity index (χ1v) is 8.26. The number of nitrogens with zero attached hydrogens (tertiary/aromatic N) is 2. The first kappa shape index (κ1) is 16.2. The molecule has 0 saturated carbocycles. The molecule has 3 heterocycles. The number of aliphatic hydroxyl groups excluding tert-OH is 1. The molecule has 23 heavy (non-hydrogen) atoms. The average Bonchev–Trinajstić information content (AvgIpc) is 2.50. The number of aliphatic hydroxyl groups is 1. The highest BCUT2D eigenvalue weighted by Crippen LogP contribution is 2.38. The quantitative estimate of drug-likeness (QED) is 0.795. The Bertz CT molecular complexity index is 657. The fraction of sp³-hybridized carbons (Fsp3) is 0.647. The van der Waals surface area contributed by atoms with Crippen molar-refractivity contribution in [2.75, 3.05) is 33.2 Å². The molecular weight excluding hydrogens is 294 g/mol. The summed E-state index contributed by atoms with van der Waals surface area (Å²) in [6.45, 7) is 4.72. The molecule has 6 heteroatoms. The predicted octanol–water partition coefficient (Wildman–Crippen LogP) is 0.602. The van der Waals surface area contributed by atoms with Crippen LogP contribution in [-0.4, -0.2) is 65.1 Å². The van der Waals surface area contributed by atoms with Crippen molar-refractivity contribution in [1.29, 1.82) is 0 Å². The molecule has 0 unspecified atom stereocenters. The lowest BCUT2D eigenvalue weighted by Gasteiger charge is -2.50. The van der Waals surface area contributed by atoms with Gasteiger partial charge in [0.15, 0.2) is 0 Å². The van der Waals surface area contributed by atoms with Crippen LogP contribution in [0.2, 0.25) is 0 Å². The van der Waals surface area contributed by atoms with Crippen LogP contribution in [-0.2, 0) is 0 Å². The molecule has 0 bridgehead atoms. The number of carbonyl (C=O) groups excluding carboxylic acids is 1. The molecule has 0 aromatic carbocycles. The number of amides is 1. The summed E-state index contributed by atoms with van der Waals surface area (Å²) in [5.41, 5.74) is 0.626. The van der Waals surface area contributed by atoms with Crippen molar-refractivity contribution < 1.29 is 9.90 Å². The molecule has 2 fully saturated rings. The van der Waals surface area contributed by atoms with Gasteiger partial charge in [0, 0.05) is 48.9 Å². The lowest BCUT2D eigenvalue weighted by atomic mass is 9.71. The molecule has 2 atom stereocenters. The minimum absolute atomic E-state index is 0.112. The zero-order valence-corrected chi connectivity index (χ0v) is 13.8. The van der Waals surface area contributed by atoms with Crippen LogP contribution >= 0.6 is 0 Å². The van der Waals surface area contributed by atoms with E-state index in [0.29, 0.717) is 24.3 Å². The minimum Gasteiger partial charge on any atom is -0.392 e. The lowest BCUT2D eigenvalue weighted by Crippen LogP contribution is -2.59. The van der Waals surface area contributed by atoms with Crippen molar-refractivity contribution in [3.8, 4) is 0 Å². The summed E-state index contributed by atoms with van der Waals surface area (Å²) in [6.07, 6.45) is 2.22. The average molecular weight is 319 g/mol. The number of aryl methyl sites for hydroxylation is 1. The third kappa shape index (κ3) is 3.19. The van der Waals surface area contributed by atoms with E-state index in [1.54, 1.807) is 17.9 Å². The number of rotatable bonds is 1. The fourth-order valence-electron chi connectivity index (χ4n) is 4.09. The van der Waals surface area contributed by atoms with E-state index in [1.807, 2.05) is 0 Å². The van der Waals surface area contributed by atoms with Crippen molar-refractivity contribution >= 4 is 5.91 Å². The van der Waals surface area contributed by atoms with E-state index in [4.69, 9.17) is 0 Å². The third-order valence-corrected chi connectivity index (χ3v) is 5.20. The van der Waals surface area contributed by atoms with Crippen LogP contribution in [0, 0.1) is 12.3 Å². The van der Waals surface area contributed by atoms with Gasteiger partial charge in [-0.3, -0.25) is 9.59 Å². The topological polar surface area (TPSA) is 76.6 Å². The van der Waals surface area contributed by atoms with E-state index in [1.165, 1.54) is 6.07 Å². The largest absolute Gasteiger partial charge is 0.392 e. The Hall–Kier alpha value is -1.66. The summed E-state index contributed by atoms with van der Waals surface area (Å²) in [5.74, 6) is -0.112. The number of nitrogens with one attached hydrogen (secondary N) is 1. The number of aromatic nitrogens is 1. The number of hydrogen-bond acceptors (Lipinski definition) is 4. The second-order valence-corrected chi connectivity index (χ2v) is 7.15. The summed E-state index contributed by atoms with van der Waals surface area (Å²) in [5, 5.41) is 10.5. The maximum Gasteiger partial charge on any atom is 0.254 e. The zero-order chi connectivity index (χ0) is 16.6. The molecule has 3 rings (SSSR count). The van der Waals surface area contributed by atoms with Crippen LogP contribution in [0.5, 0.6) is 0 Å². The number of piperidine rings is 2. The Morgan fingerprint density at radius 1 is 1.35 bits per heavy atom. The number of likely N-dealkylation sites (tertiary alicyclic amines) is 2. The van der Waals surface area contributed by atoms with E-state index in [0.717, 1.165) is 32.4 Å². The SMILES string of the molecule is Cc1cc(C(=O)N2CCC[C@]3(CN(C)CC[C@@H]3O)C2)cc(=O)[nH]1. The first-order chi connectivity index (χ1) is 10.9. The van der Waals surface area contributed by atoms with E-state index in [9.17, 15) is 14.7 Å². The Labute approximate surface area is 136 Å². The van der Waals surface area contributed by atoms with Gasteiger partial charge in [-0.25, -0.2) is 0 Å². The fourth-order valence-corrected chi connectivity index (χ4v) is 4.09. The van der Waals surface area contributed by atoms with Gasteiger partial charge in [-0.2, -0.15) is 0 Å². The van der Waals surface area contributed by atoms with Crippen LogP contribution in [0.1, 0.15) is 35.3 Å². The molecule has 1 aromatic heterocycles. The molecule has 6 nitrogen and oxygen atoms in total. The van der Waals surface area contributed by atoms with Crippen LogP contribution in [0.15, 0.2) is 16.9 Å². The van der Waals surface area contributed by atoms with E-state index in [-0.39, 0.29) is 23.0 Å². The van der Waals surface area contributed by atoms with Gasteiger partial charge in [-0.05, 0) is 39.3 Å². The maximum atomic E-state index is 12.8.